The number of benzene rings is 3. The Morgan fingerprint density at radius 3 is 1.76 bits per heavy atom. The fourth-order valence-corrected chi connectivity index (χ4v) is 8.46. The number of amides is 6. The minimum atomic E-state index is -0.933. The van der Waals surface area contributed by atoms with Crippen molar-refractivity contribution in [1.29, 1.82) is 0 Å². The summed E-state index contributed by atoms with van der Waals surface area (Å²) in [6.45, 7) is 14.3. The number of aliphatic hydroxyl groups is 2. The number of rotatable bonds is 26. The molecule has 2 aliphatic heterocycles. The third-order valence-corrected chi connectivity index (χ3v) is 12.6. The summed E-state index contributed by atoms with van der Waals surface area (Å²) < 4.78 is 33.4. The maximum atomic E-state index is 14.0. The van der Waals surface area contributed by atoms with Gasteiger partial charge in [0, 0.05) is 38.1 Å². The van der Waals surface area contributed by atoms with Crippen molar-refractivity contribution < 1.29 is 72.2 Å². The van der Waals surface area contributed by atoms with Crippen LogP contribution < -0.4 is 35.5 Å². The molecule has 2 heterocycles. The third kappa shape index (κ3) is 16.4. The molecular weight excluding hydrogens is 973 g/mol. The Kier molecular flexibility index (Phi) is 22.3. The van der Waals surface area contributed by atoms with Gasteiger partial charge in [-0.1, -0.05) is 63.4 Å². The van der Waals surface area contributed by atoms with Crippen molar-refractivity contribution in [2.24, 2.45) is 5.92 Å². The summed E-state index contributed by atoms with van der Waals surface area (Å²) in [6, 6.07) is 10.3. The fraction of sp³-hybridized carbons (Fsp3) is 0.463. The zero-order chi connectivity index (χ0) is 54.6. The van der Waals surface area contributed by atoms with Gasteiger partial charge in [0.2, 0.25) is 5.91 Å². The Balaban J connectivity index is 1.22. The molecule has 2 saturated heterocycles. The van der Waals surface area contributed by atoms with Gasteiger partial charge in [-0.05, 0) is 74.3 Å². The molecule has 21 nitrogen and oxygen atoms in total. The van der Waals surface area contributed by atoms with Crippen molar-refractivity contribution in [3.63, 3.8) is 0 Å². The molecule has 4 atom stereocenters. The number of ketones is 1. The van der Waals surface area contributed by atoms with Gasteiger partial charge in [0.1, 0.15) is 31.6 Å². The average molecular weight is 1040 g/mol. The van der Waals surface area contributed by atoms with Crippen molar-refractivity contribution in [1.82, 2.24) is 20.4 Å². The van der Waals surface area contributed by atoms with E-state index in [1.807, 2.05) is 0 Å². The molecule has 0 radical (unpaired) electrons. The molecule has 0 bridgehead atoms. The van der Waals surface area contributed by atoms with Crippen molar-refractivity contribution >= 4 is 53.2 Å². The largest absolute Gasteiger partial charge is 0.493 e. The third-order valence-electron chi connectivity index (χ3n) is 12.6. The van der Waals surface area contributed by atoms with E-state index in [4.69, 9.17) is 28.4 Å². The van der Waals surface area contributed by atoms with Crippen LogP contribution in [0.2, 0.25) is 0 Å². The highest BCUT2D eigenvalue weighted by Gasteiger charge is 2.33. The first-order valence-corrected chi connectivity index (χ1v) is 24.9. The van der Waals surface area contributed by atoms with Crippen molar-refractivity contribution in [3.8, 4) is 17.2 Å². The number of carbonyl (C=O) groups excluding carboxylic acids is 7. The molecule has 6 N–H and O–H groups in total. The lowest BCUT2D eigenvalue weighted by Gasteiger charge is -2.25. The van der Waals surface area contributed by atoms with Crippen LogP contribution in [0.3, 0.4) is 0 Å². The smallest absolute Gasteiger partial charge is 0.411 e. The van der Waals surface area contributed by atoms with Gasteiger partial charge < -0.3 is 59.1 Å². The van der Waals surface area contributed by atoms with E-state index in [9.17, 15) is 43.8 Å². The second-order valence-electron chi connectivity index (χ2n) is 18.4. The highest BCUT2D eigenvalue weighted by molar-refractivity contribution is 6.05. The lowest BCUT2D eigenvalue weighted by atomic mass is 10.0. The van der Waals surface area contributed by atoms with Crippen molar-refractivity contribution in [3.05, 3.63) is 102 Å². The van der Waals surface area contributed by atoms with E-state index >= 15 is 0 Å². The number of nitrogens with zero attached hydrogens (tertiary/aromatic N) is 2. The van der Waals surface area contributed by atoms with Crippen LogP contribution in [0.4, 0.5) is 25.8 Å². The van der Waals surface area contributed by atoms with Crippen LogP contribution in [0.5, 0.6) is 17.2 Å². The van der Waals surface area contributed by atoms with E-state index in [-0.39, 0.29) is 116 Å². The molecule has 0 aromatic heterocycles. The number of hydrogen-bond acceptors (Lipinski definition) is 15. The van der Waals surface area contributed by atoms with Crippen molar-refractivity contribution in [2.45, 2.75) is 97.0 Å². The molecule has 21 heteroatoms. The van der Waals surface area contributed by atoms with Gasteiger partial charge in [-0.3, -0.25) is 29.8 Å². The number of alkyl carbamates (subject to hydrolysis) is 1. The Bertz CT molecular complexity index is 2520. The summed E-state index contributed by atoms with van der Waals surface area (Å²) in [6.07, 6.45) is 3.35. The van der Waals surface area contributed by atoms with Gasteiger partial charge in [-0.25, -0.2) is 14.4 Å². The van der Waals surface area contributed by atoms with Gasteiger partial charge in [0.15, 0.2) is 17.3 Å². The number of anilines is 2. The van der Waals surface area contributed by atoms with Crippen LogP contribution >= 0.6 is 0 Å². The zero-order valence-electron chi connectivity index (χ0n) is 43.3. The van der Waals surface area contributed by atoms with Gasteiger partial charge in [0.25, 0.3) is 11.8 Å². The SMILES string of the molecule is C=CCOC(=O)Nc1cc(OCCCOc2cc(NC(=O)OCc3ccc(CC(=O)[C@H](C)NC(=O)[C@@H](NC(=O)OCC=C)C(C)C)cc3)c(C(=O)N3CCC[C@H]3CO)cc2C)c(OC)cc1C(=O)N1CCC[C@H]1CO. The first kappa shape index (κ1) is 58.2. The minimum absolute atomic E-state index is 0.00670. The summed E-state index contributed by atoms with van der Waals surface area (Å²) in [4.78, 5) is 95.1. The van der Waals surface area contributed by atoms with Crippen LogP contribution in [-0.4, -0.2) is 146 Å². The number of ether oxygens (including phenoxy) is 6. The van der Waals surface area contributed by atoms with Crippen LogP contribution in [-0.2, 0) is 36.8 Å². The number of Topliss-reactive ketones (excluding diaryl/α,β-unsaturated/α-hetero) is 1. The second kappa shape index (κ2) is 28.7. The molecule has 0 aliphatic carbocycles. The Hall–Kier alpha value is -7.65. The minimum Gasteiger partial charge on any atom is -0.493 e. The maximum absolute atomic E-state index is 14.0. The van der Waals surface area contributed by atoms with Gasteiger partial charge in [0.05, 0.1) is 74.2 Å². The molecule has 2 fully saturated rings. The number of carbonyl (C=O) groups is 7. The number of nitrogens with one attached hydrogen (secondary N) is 4. The number of methoxy groups -OCH3 is 1. The Morgan fingerprint density at radius 1 is 0.693 bits per heavy atom. The van der Waals surface area contributed by atoms with Crippen LogP contribution in [0.1, 0.15) is 90.3 Å². The highest BCUT2D eigenvalue weighted by Crippen LogP contribution is 2.36. The predicted molar refractivity (Wildman–Crippen MR) is 277 cm³/mol. The molecule has 0 saturated carbocycles. The van der Waals surface area contributed by atoms with E-state index in [0.29, 0.717) is 67.6 Å². The second-order valence-corrected chi connectivity index (χ2v) is 18.4. The number of aryl methyl sites for hydroxylation is 1. The molecule has 3 aromatic rings. The van der Waals surface area contributed by atoms with E-state index in [0.717, 1.165) is 0 Å². The topological polar surface area (TPSA) is 270 Å². The number of likely N-dealkylation sites (tertiary alicyclic amines) is 2. The summed E-state index contributed by atoms with van der Waals surface area (Å²) in [7, 11) is 1.42. The monoisotopic (exact) mass is 1040 g/mol. The molecule has 0 unspecified atom stereocenters. The van der Waals surface area contributed by atoms with Crippen LogP contribution in [0.15, 0.2) is 73.8 Å². The molecule has 5 rings (SSSR count). The van der Waals surface area contributed by atoms with E-state index in [1.165, 1.54) is 37.5 Å². The molecule has 75 heavy (non-hydrogen) atoms. The zero-order valence-corrected chi connectivity index (χ0v) is 43.3. The molecular formula is C54H70N6O15. The maximum Gasteiger partial charge on any atom is 0.411 e. The quantitative estimate of drug-likeness (QED) is 0.0302. The summed E-state index contributed by atoms with van der Waals surface area (Å²) >= 11 is 0. The Morgan fingerprint density at radius 2 is 1.21 bits per heavy atom. The highest BCUT2D eigenvalue weighted by atomic mass is 16.6. The van der Waals surface area contributed by atoms with Gasteiger partial charge in [-0.2, -0.15) is 0 Å². The first-order chi connectivity index (χ1) is 36.0. The van der Waals surface area contributed by atoms with Gasteiger partial charge >= 0.3 is 18.3 Å². The van der Waals surface area contributed by atoms with Crippen LogP contribution in [0.25, 0.3) is 0 Å². The average Bonchev–Trinajstić information content (AvgIpc) is 4.09. The summed E-state index contributed by atoms with van der Waals surface area (Å²) in [5.41, 5.74) is 2.36. The number of hydrogen-bond donors (Lipinski definition) is 6. The molecule has 0 spiro atoms. The molecule has 406 valence electrons. The lowest BCUT2D eigenvalue weighted by molar-refractivity contribution is -0.129. The molecule has 3 aromatic carbocycles. The Labute approximate surface area is 436 Å². The van der Waals surface area contributed by atoms with Crippen LogP contribution in [0, 0.1) is 12.8 Å². The lowest BCUT2D eigenvalue weighted by Crippen LogP contribution is -2.53. The predicted octanol–water partition coefficient (Wildman–Crippen LogP) is 6.08. The van der Waals surface area contributed by atoms with E-state index in [2.05, 4.69) is 34.4 Å². The molecule has 6 amide bonds. The van der Waals surface area contributed by atoms with Crippen molar-refractivity contribution in [2.75, 3.05) is 70.5 Å². The molecule has 2 aliphatic rings. The summed E-state index contributed by atoms with van der Waals surface area (Å²) in [5.74, 6) is -1.09. The fourth-order valence-electron chi connectivity index (χ4n) is 8.46. The number of aliphatic hydroxyl groups excluding tert-OH is 2. The van der Waals surface area contributed by atoms with E-state index < -0.39 is 42.2 Å². The van der Waals surface area contributed by atoms with E-state index in [1.54, 1.807) is 67.8 Å². The van der Waals surface area contributed by atoms with Gasteiger partial charge in [-0.15, -0.1) is 0 Å². The standard InChI is InChI=1S/C54H70N6O15/c1-8-21-73-52(67)56-43-29-47(46(70-7)27-41(43)51(66)60-20-11-14-39(60)31-62)72-24-12-23-71-45-28-42(40(25-34(45)5)50(65)59-19-10-13-38(59)30-61)57-53(68)75-32-37-17-15-36(16-18-37)26-44(63)35(6)55-49(64)48(33(3)4)58-54(69)74-22-9-2/h8-9,15-18,25,27-29,33,35,38-39,48,61-62H,1-2,10-14,19-24,26,30-32H2,3-7H3,(H,55,64)(H,56,67)(H,57,68)(H,58,69)/t35-,38-,39-,48-/m0/s1. The normalized spacial score (nSPS) is 15.7. The first-order valence-electron chi connectivity index (χ1n) is 24.9. The summed E-state index contributed by atoms with van der Waals surface area (Å²) in [5, 5.41) is 30.4.